The third-order valence-electron chi connectivity index (χ3n) is 3.44. The molecule has 0 aliphatic heterocycles. The van der Waals surface area contributed by atoms with Gasteiger partial charge in [-0.3, -0.25) is 0 Å². The van der Waals surface area contributed by atoms with Crippen LogP contribution in [0.2, 0.25) is 0 Å². The Balaban J connectivity index is 1.82. The van der Waals surface area contributed by atoms with E-state index in [1.807, 2.05) is 0 Å². The Morgan fingerprint density at radius 3 is 3.00 bits per heavy atom. The summed E-state index contributed by atoms with van der Waals surface area (Å²) in [5.74, 6) is 0. The molecule has 1 saturated carbocycles. The van der Waals surface area contributed by atoms with Crippen LogP contribution in [0.1, 0.15) is 50.2 Å². The second-order valence-electron chi connectivity index (χ2n) is 5.70. The number of aryl methyl sites for hydroxylation is 1. The fraction of sp³-hybridized carbons (Fsp3) is 0.769. The van der Waals surface area contributed by atoms with Crippen molar-refractivity contribution in [2.24, 2.45) is 5.41 Å². The molecule has 0 radical (unpaired) electrons. The van der Waals surface area contributed by atoms with Crippen LogP contribution in [0.15, 0.2) is 5.38 Å². The van der Waals surface area contributed by atoms with Crippen LogP contribution in [0, 0.1) is 12.3 Å². The van der Waals surface area contributed by atoms with E-state index in [1.165, 1.54) is 36.4 Å². The molecule has 90 valence electrons. The van der Waals surface area contributed by atoms with Gasteiger partial charge in [0.2, 0.25) is 0 Å². The highest BCUT2D eigenvalue weighted by Gasteiger charge is 2.27. The van der Waals surface area contributed by atoms with Gasteiger partial charge in [0.1, 0.15) is 0 Å². The molecule has 1 unspecified atom stereocenters. The molecular formula is C13H22N2S. The van der Waals surface area contributed by atoms with E-state index in [0.717, 1.165) is 6.54 Å². The smallest absolute Gasteiger partial charge is 0.0897 e. The molecule has 0 aromatic carbocycles. The van der Waals surface area contributed by atoms with E-state index < -0.39 is 0 Å². The van der Waals surface area contributed by atoms with Crippen molar-refractivity contribution in [2.75, 3.05) is 0 Å². The predicted octanol–water partition coefficient (Wildman–Crippen LogP) is 3.51. The maximum Gasteiger partial charge on any atom is 0.0897 e. The molecule has 1 fully saturated rings. The summed E-state index contributed by atoms with van der Waals surface area (Å²) in [6.07, 6.45) is 5.37. The molecule has 0 saturated heterocycles. The number of aromatic nitrogens is 1. The van der Waals surface area contributed by atoms with E-state index in [4.69, 9.17) is 0 Å². The van der Waals surface area contributed by atoms with Gasteiger partial charge >= 0.3 is 0 Å². The number of nitrogens with one attached hydrogen (secondary N) is 1. The van der Waals surface area contributed by atoms with Crippen LogP contribution < -0.4 is 5.32 Å². The normalized spacial score (nSPS) is 24.6. The van der Waals surface area contributed by atoms with Crippen molar-refractivity contribution in [1.82, 2.24) is 10.3 Å². The van der Waals surface area contributed by atoms with Gasteiger partial charge in [0.15, 0.2) is 0 Å². The highest BCUT2D eigenvalue weighted by molar-refractivity contribution is 7.09. The molecule has 3 heteroatoms. The summed E-state index contributed by atoms with van der Waals surface area (Å²) in [6.45, 7) is 7.77. The number of hydrogen-bond acceptors (Lipinski definition) is 3. The zero-order chi connectivity index (χ0) is 11.6. The standard InChI is InChI=1S/C13H22N2S/c1-10-15-12(9-16-10)8-14-11-5-4-6-13(2,3)7-11/h9,11,14H,4-8H2,1-3H3. The summed E-state index contributed by atoms with van der Waals surface area (Å²) in [7, 11) is 0. The van der Waals surface area contributed by atoms with E-state index in [2.05, 4.69) is 36.5 Å². The first-order chi connectivity index (χ1) is 7.55. The van der Waals surface area contributed by atoms with Crippen molar-refractivity contribution in [3.05, 3.63) is 16.1 Å². The lowest BCUT2D eigenvalue weighted by atomic mass is 9.75. The van der Waals surface area contributed by atoms with Gasteiger partial charge in [-0.05, 0) is 31.6 Å². The molecule has 1 aliphatic rings. The lowest BCUT2D eigenvalue weighted by molar-refractivity contribution is 0.197. The van der Waals surface area contributed by atoms with Gasteiger partial charge in [-0.2, -0.15) is 0 Å². The SMILES string of the molecule is Cc1nc(CNC2CCCC(C)(C)C2)cs1. The summed E-state index contributed by atoms with van der Waals surface area (Å²) in [5.41, 5.74) is 1.72. The van der Waals surface area contributed by atoms with E-state index in [1.54, 1.807) is 11.3 Å². The monoisotopic (exact) mass is 238 g/mol. The average Bonchev–Trinajstić information content (AvgIpc) is 2.60. The van der Waals surface area contributed by atoms with Crippen LogP contribution in [0.3, 0.4) is 0 Å². The molecule has 2 rings (SSSR count). The van der Waals surface area contributed by atoms with Crippen LogP contribution in [-0.2, 0) is 6.54 Å². The minimum atomic E-state index is 0.522. The summed E-state index contributed by atoms with van der Waals surface area (Å²) < 4.78 is 0. The second kappa shape index (κ2) is 4.84. The van der Waals surface area contributed by atoms with Gasteiger partial charge in [-0.15, -0.1) is 11.3 Å². The molecule has 1 heterocycles. The largest absolute Gasteiger partial charge is 0.308 e. The van der Waals surface area contributed by atoms with Gasteiger partial charge in [-0.25, -0.2) is 4.98 Å². The molecule has 2 nitrogen and oxygen atoms in total. The Labute approximate surface area is 102 Å². The van der Waals surface area contributed by atoms with E-state index >= 15 is 0 Å². The Hall–Kier alpha value is -0.410. The lowest BCUT2D eigenvalue weighted by Crippen LogP contribution is -2.36. The first kappa shape index (κ1) is 12.1. The zero-order valence-electron chi connectivity index (χ0n) is 10.5. The van der Waals surface area contributed by atoms with Crippen molar-refractivity contribution >= 4 is 11.3 Å². The molecule has 16 heavy (non-hydrogen) atoms. The number of thiazole rings is 1. The molecule has 0 bridgehead atoms. The highest BCUT2D eigenvalue weighted by atomic mass is 32.1. The maximum atomic E-state index is 4.49. The number of rotatable bonds is 3. The van der Waals surface area contributed by atoms with Gasteiger partial charge < -0.3 is 5.32 Å². The first-order valence-corrected chi connectivity index (χ1v) is 7.07. The van der Waals surface area contributed by atoms with Gasteiger partial charge in [0.25, 0.3) is 0 Å². The van der Waals surface area contributed by atoms with Gasteiger partial charge in [0.05, 0.1) is 10.7 Å². The van der Waals surface area contributed by atoms with Crippen molar-refractivity contribution < 1.29 is 0 Å². The quantitative estimate of drug-likeness (QED) is 0.871. The van der Waals surface area contributed by atoms with Crippen LogP contribution in [0.4, 0.5) is 0 Å². The molecular weight excluding hydrogens is 216 g/mol. The molecule has 1 aromatic rings. The third kappa shape index (κ3) is 3.29. The summed E-state index contributed by atoms with van der Waals surface area (Å²) in [5, 5.41) is 6.98. The highest BCUT2D eigenvalue weighted by Crippen LogP contribution is 2.35. The Morgan fingerprint density at radius 1 is 1.56 bits per heavy atom. The molecule has 0 spiro atoms. The summed E-state index contributed by atoms with van der Waals surface area (Å²) >= 11 is 1.74. The number of hydrogen-bond donors (Lipinski definition) is 1. The maximum absolute atomic E-state index is 4.49. The van der Waals surface area contributed by atoms with Crippen molar-refractivity contribution in [1.29, 1.82) is 0 Å². The van der Waals surface area contributed by atoms with E-state index in [9.17, 15) is 0 Å². The van der Waals surface area contributed by atoms with Gasteiger partial charge in [-0.1, -0.05) is 20.3 Å². The van der Waals surface area contributed by atoms with Crippen molar-refractivity contribution in [3.8, 4) is 0 Å². The van der Waals surface area contributed by atoms with Crippen LogP contribution in [0.5, 0.6) is 0 Å². The van der Waals surface area contributed by atoms with Crippen LogP contribution in [-0.4, -0.2) is 11.0 Å². The molecule has 1 aromatic heterocycles. The summed E-state index contributed by atoms with van der Waals surface area (Å²) in [4.78, 5) is 4.49. The van der Waals surface area contributed by atoms with Crippen molar-refractivity contribution in [3.63, 3.8) is 0 Å². The summed E-state index contributed by atoms with van der Waals surface area (Å²) in [6, 6.07) is 0.686. The Morgan fingerprint density at radius 2 is 2.38 bits per heavy atom. The fourth-order valence-corrected chi connectivity index (χ4v) is 3.22. The fourth-order valence-electron chi connectivity index (χ4n) is 2.61. The Kier molecular flexibility index (Phi) is 3.65. The first-order valence-electron chi connectivity index (χ1n) is 6.20. The van der Waals surface area contributed by atoms with E-state index in [-0.39, 0.29) is 0 Å². The minimum absolute atomic E-state index is 0.522. The lowest BCUT2D eigenvalue weighted by Gasteiger charge is -2.35. The molecule has 0 amide bonds. The average molecular weight is 238 g/mol. The Bertz CT molecular complexity index is 343. The topological polar surface area (TPSA) is 24.9 Å². The van der Waals surface area contributed by atoms with Gasteiger partial charge in [0, 0.05) is 18.0 Å². The second-order valence-corrected chi connectivity index (χ2v) is 6.76. The number of nitrogens with zero attached hydrogens (tertiary/aromatic N) is 1. The molecule has 1 aliphatic carbocycles. The third-order valence-corrected chi connectivity index (χ3v) is 4.27. The predicted molar refractivity (Wildman–Crippen MR) is 69.7 cm³/mol. The van der Waals surface area contributed by atoms with E-state index in [0.29, 0.717) is 11.5 Å². The van der Waals surface area contributed by atoms with Crippen LogP contribution >= 0.6 is 11.3 Å². The minimum Gasteiger partial charge on any atom is -0.308 e. The van der Waals surface area contributed by atoms with Crippen molar-refractivity contribution in [2.45, 2.75) is 59.0 Å². The van der Waals surface area contributed by atoms with Crippen LogP contribution in [0.25, 0.3) is 0 Å². The molecule has 1 atom stereocenters. The zero-order valence-corrected chi connectivity index (χ0v) is 11.4. The molecule has 1 N–H and O–H groups in total.